The van der Waals surface area contributed by atoms with Crippen molar-refractivity contribution in [2.24, 2.45) is 17.6 Å². The standard InChI is InChI=1S/C26H31F3N4OS/c1-15-4-3-9-33(14-15)19-7-8-20-22(13-19)35-23-12-17(26(27,28)29)11-21(24(23)31-20)32-25(34)16-5-2-6-18(30)10-16/h7-8,11-13,15-16,18,31H,2-6,9-10,14,30H2,1H3,(H,32,34). The Morgan fingerprint density at radius 2 is 1.97 bits per heavy atom. The average Bonchev–Trinajstić information content (AvgIpc) is 2.82. The van der Waals surface area contributed by atoms with Gasteiger partial charge >= 0.3 is 6.18 Å². The van der Waals surface area contributed by atoms with Crippen LogP contribution in [0.25, 0.3) is 0 Å². The van der Waals surface area contributed by atoms with Crippen molar-refractivity contribution in [2.75, 3.05) is 28.6 Å². The molecule has 9 heteroatoms. The molecule has 1 saturated heterocycles. The number of alkyl halides is 3. The average molecular weight is 505 g/mol. The van der Waals surface area contributed by atoms with Crippen molar-refractivity contribution in [3.63, 3.8) is 0 Å². The van der Waals surface area contributed by atoms with Gasteiger partial charge in [-0.25, -0.2) is 0 Å². The van der Waals surface area contributed by atoms with Gasteiger partial charge in [0.1, 0.15) is 0 Å². The summed E-state index contributed by atoms with van der Waals surface area (Å²) in [5.41, 5.74) is 7.83. The van der Waals surface area contributed by atoms with Crippen LogP contribution in [-0.2, 0) is 11.0 Å². The first kappa shape index (κ1) is 24.3. The van der Waals surface area contributed by atoms with Crippen molar-refractivity contribution in [3.8, 4) is 0 Å². The number of nitrogens with zero attached hydrogens (tertiary/aromatic N) is 1. The summed E-state index contributed by atoms with van der Waals surface area (Å²) in [4.78, 5) is 16.6. The first-order valence-corrected chi connectivity index (χ1v) is 13.1. The zero-order chi connectivity index (χ0) is 24.7. The van der Waals surface area contributed by atoms with E-state index >= 15 is 0 Å². The number of carbonyl (C=O) groups excluding carboxylic acids is 1. The smallest absolute Gasteiger partial charge is 0.371 e. The summed E-state index contributed by atoms with van der Waals surface area (Å²) in [5, 5.41) is 6.09. The van der Waals surface area contributed by atoms with Gasteiger partial charge in [-0.2, -0.15) is 13.2 Å². The van der Waals surface area contributed by atoms with E-state index in [0.717, 1.165) is 60.8 Å². The Morgan fingerprint density at radius 3 is 2.71 bits per heavy atom. The van der Waals surface area contributed by atoms with Crippen LogP contribution in [0, 0.1) is 11.8 Å². The van der Waals surface area contributed by atoms with Gasteiger partial charge in [-0.05, 0) is 68.4 Å². The summed E-state index contributed by atoms with van der Waals surface area (Å²) in [6.07, 6.45) is 0.798. The van der Waals surface area contributed by atoms with Gasteiger partial charge in [0.15, 0.2) is 0 Å². The molecule has 2 heterocycles. The van der Waals surface area contributed by atoms with Crippen LogP contribution in [0.3, 0.4) is 0 Å². The first-order valence-electron chi connectivity index (χ1n) is 12.3. The molecule has 35 heavy (non-hydrogen) atoms. The second kappa shape index (κ2) is 9.58. The highest BCUT2D eigenvalue weighted by atomic mass is 32.2. The third-order valence-electron chi connectivity index (χ3n) is 7.24. The molecule has 0 aromatic heterocycles. The van der Waals surface area contributed by atoms with Crippen LogP contribution in [0.5, 0.6) is 0 Å². The number of anilines is 4. The van der Waals surface area contributed by atoms with Crippen LogP contribution < -0.4 is 21.3 Å². The number of nitrogens with one attached hydrogen (secondary N) is 2. The molecule has 5 nitrogen and oxygen atoms in total. The fraction of sp³-hybridized carbons (Fsp3) is 0.500. The van der Waals surface area contributed by atoms with E-state index in [2.05, 4.69) is 34.6 Å². The number of hydrogen-bond donors (Lipinski definition) is 3. The molecule has 2 aromatic carbocycles. The summed E-state index contributed by atoms with van der Waals surface area (Å²) in [6, 6.07) is 8.23. The molecule has 0 bridgehead atoms. The molecule has 0 spiro atoms. The molecule has 1 saturated carbocycles. The van der Waals surface area contributed by atoms with E-state index in [1.165, 1.54) is 18.2 Å². The Morgan fingerprint density at radius 1 is 1.14 bits per heavy atom. The summed E-state index contributed by atoms with van der Waals surface area (Å²) in [5.74, 6) is 0.0568. The van der Waals surface area contributed by atoms with Crippen molar-refractivity contribution in [1.29, 1.82) is 0 Å². The van der Waals surface area contributed by atoms with E-state index in [1.54, 1.807) is 0 Å². The van der Waals surface area contributed by atoms with Gasteiger partial charge in [0.05, 0.1) is 22.6 Å². The number of benzene rings is 2. The van der Waals surface area contributed by atoms with E-state index < -0.39 is 11.7 Å². The molecular weight excluding hydrogens is 473 g/mol. The van der Waals surface area contributed by atoms with Gasteiger partial charge in [-0.1, -0.05) is 25.1 Å². The zero-order valence-electron chi connectivity index (χ0n) is 19.8. The van der Waals surface area contributed by atoms with Crippen molar-refractivity contribution in [2.45, 2.75) is 67.5 Å². The van der Waals surface area contributed by atoms with Gasteiger partial charge in [0.2, 0.25) is 5.91 Å². The number of amides is 1. The maximum Gasteiger partial charge on any atom is 0.416 e. The normalized spacial score (nSPS) is 24.3. The lowest BCUT2D eigenvalue weighted by Crippen LogP contribution is -2.34. The monoisotopic (exact) mass is 504 g/mol. The highest BCUT2D eigenvalue weighted by Gasteiger charge is 2.34. The van der Waals surface area contributed by atoms with E-state index in [1.807, 2.05) is 6.07 Å². The quantitative estimate of drug-likeness (QED) is 0.375. The molecule has 3 unspecified atom stereocenters. The summed E-state index contributed by atoms with van der Waals surface area (Å²) in [6.45, 7) is 4.20. The van der Waals surface area contributed by atoms with Crippen molar-refractivity contribution in [1.82, 2.24) is 0 Å². The topological polar surface area (TPSA) is 70.4 Å². The third kappa shape index (κ3) is 5.26. The van der Waals surface area contributed by atoms with Crippen molar-refractivity contribution in [3.05, 3.63) is 35.9 Å². The Bertz CT molecular complexity index is 1120. The SMILES string of the molecule is CC1CCCN(c2ccc3c(c2)Sc2cc(C(F)(F)F)cc(NC(=O)C4CCCC(N)C4)c2N3)C1. The minimum Gasteiger partial charge on any atom is -0.371 e. The highest BCUT2D eigenvalue weighted by Crippen LogP contribution is 2.50. The summed E-state index contributed by atoms with van der Waals surface area (Å²) < 4.78 is 41.3. The number of rotatable bonds is 3. The summed E-state index contributed by atoms with van der Waals surface area (Å²) in [7, 11) is 0. The molecule has 4 N–H and O–H groups in total. The number of halogens is 3. The van der Waals surface area contributed by atoms with Gasteiger partial charge in [0, 0.05) is 40.5 Å². The molecule has 3 aliphatic rings. The Balaban J connectivity index is 1.45. The lowest BCUT2D eigenvalue weighted by Gasteiger charge is -2.34. The molecule has 3 atom stereocenters. The first-order chi connectivity index (χ1) is 16.7. The van der Waals surface area contributed by atoms with E-state index in [4.69, 9.17) is 5.73 Å². The number of carbonyl (C=O) groups is 1. The zero-order valence-corrected chi connectivity index (χ0v) is 20.6. The van der Waals surface area contributed by atoms with Crippen LogP contribution >= 0.6 is 11.8 Å². The van der Waals surface area contributed by atoms with Gasteiger partial charge in [-0.15, -0.1) is 0 Å². The molecule has 2 fully saturated rings. The van der Waals surface area contributed by atoms with Crippen LogP contribution in [0.1, 0.15) is 51.0 Å². The van der Waals surface area contributed by atoms with Crippen molar-refractivity contribution < 1.29 is 18.0 Å². The molecule has 2 aromatic rings. The van der Waals surface area contributed by atoms with E-state index in [9.17, 15) is 18.0 Å². The largest absolute Gasteiger partial charge is 0.416 e. The van der Waals surface area contributed by atoms with Gasteiger partial charge < -0.3 is 21.3 Å². The molecule has 5 rings (SSSR count). The summed E-state index contributed by atoms with van der Waals surface area (Å²) >= 11 is 1.31. The molecule has 188 valence electrons. The lowest BCUT2D eigenvalue weighted by molar-refractivity contribution is -0.137. The Labute approximate surface area is 208 Å². The number of piperidine rings is 1. The Hall–Kier alpha value is -2.39. The minimum absolute atomic E-state index is 0.0485. The van der Waals surface area contributed by atoms with Crippen LogP contribution in [0.15, 0.2) is 40.1 Å². The predicted octanol–water partition coefficient (Wildman–Crippen LogP) is 6.61. The van der Waals surface area contributed by atoms with E-state index in [-0.39, 0.29) is 23.6 Å². The van der Waals surface area contributed by atoms with Crippen LogP contribution in [0.4, 0.5) is 35.9 Å². The molecule has 1 aliphatic carbocycles. The van der Waals surface area contributed by atoms with E-state index in [0.29, 0.717) is 29.3 Å². The minimum atomic E-state index is -4.52. The lowest BCUT2D eigenvalue weighted by atomic mass is 9.85. The van der Waals surface area contributed by atoms with Crippen molar-refractivity contribution >= 4 is 40.4 Å². The number of hydrogen-bond acceptors (Lipinski definition) is 5. The highest BCUT2D eigenvalue weighted by molar-refractivity contribution is 7.99. The second-order valence-corrected chi connectivity index (χ2v) is 11.2. The van der Waals surface area contributed by atoms with Crippen LogP contribution in [0.2, 0.25) is 0 Å². The molecule has 0 radical (unpaired) electrons. The third-order valence-corrected chi connectivity index (χ3v) is 8.34. The fourth-order valence-electron chi connectivity index (χ4n) is 5.36. The van der Waals surface area contributed by atoms with Crippen LogP contribution in [-0.4, -0.2) is 25.0 Å². The molecule has 2 aliphatic heterocycles. The van der Waals surface area contributed by atoms with Gasteiger partial charge in [-0.3, -0.25) is 4.79 Å². The maximum absolute atomic E-state index is 13.8. The second-order valence-electron chi connectivity index (χ2n) is 10.1. The maximum atomic E-state index is 13.8. The van der Waals surface area contributed by atoms with Gasteiger partial charge in [0.25, 0.3) is 0 Å². The Kier molecular flexibility index (Phi) is 6.65. The predicted molar refractivity (Wildman–Crippen MR) is 134 cm³/mol. The molecule has 1 amide bonds. The molecular formula is C26H31F3N4OS. The fourth-order valence-corrected chi connectivity index (χ4v) is 6.45. The number of fused-ring (bicyclic) bond motifs is 2. The number of nitrogens with two attached hydrogens (primary N) is 1.